The van der Waals surface area contributed by atoms with E-state index in [0.717, 1.165) is 35.0 Å². The highest BCUT2D eigenvalue weighted by Gasteiger charge is 2.21. The molecule has 3 aromatic rings. The van der Waals surface area contributed by atoms with E-state index in [-0.39, 0.29) is 0 Å². The van der Waals surface area contributed by atoms with Gasteiger partial charge in [0.25, 0.3) is 0 Å². The quantitative estimate of drug-likeness (QED) is 0.610. The Kier molecular flexibility index (Phi) is 4.53. The van der Waals surface area contributed by atoms with Crippen molar-refractivity contribution in [1.29, 1.82) is 0 Å². The van der Waals surface area contributed by atoms with E-state index in [1.165, 1.54) is 25.1 Å². The van der Waals surface area contributed by atoms with Gasteiger partial charge in [-0.1, -0.05) is 37.6 Å². The molecule has 4 heteroatoms. The number of piperidine rings is 1. The van der Waals surface area contributed by atoms with Gasteiger partial charge in [0.15, 0.2) is 5.58 Å². The van der Waals surface area contributed by atoms with Gasteiger partial charge in [0.1, 0.15) is 5.52 Å². The summed E-state index contributed by atoms with van der Waals surface area (Å²) in [6.07, 6.45) is 1.34. The molecule has 3 nitrogen and oxygen atoms in total. The van der Waals surface area contributed by atoms with Gasteiger partial charge < -0.3 is 4.42 Å². The molecule has 0 amide bonds. The van der Waals surface area contributed by atoms with E-state index < -0.39 is 0 Å². The first-order valence-corrected chi connectivity index (χ1v) is 9.32. The van der Waals surface area contributed by atoms with E-state index in [1.807, 2.05) is 30.3 Å². The first-order valence-electron chi connectivity index (χ1n) is 8.94. The summed E-state index contributed by atoms with van der Waals surface area (Å²) in [7, 11) is 0. The molecule has 0 spiro atoms. The maximum atomic E-state index is 6.08. The Balaban J connectivity index is 1.58. The van der Waals surface area contributed by atoms with E-state index in [2.05, 4.69) is 35.9 Å². The third-order valence-corrected chi connectivity index (χ3v) is 5.11. The minimum absolute atomic E-state index is 0.620. The molecule has 1 aliphatic heterocycles. The largest absolute Gasteiger partial charge is 0.436 e. The molecule has 2 aromatic carbocycles. The van der Waals surface area contributed by atoms with Crippen molar-refractivity contribution in [2.45, 2.75) is 26.8 Å². The third-order valence-electron chi connectivity index (χ3n) is 4.87. The van der Waals surface area contributed by atoms with Crippen molar-refractivity contribution < 1.29 is 4.42 Å². The van der Waals surface area contributed by atoms with Crippen LogP contribution in [0.1, 0.15) is 25.8 Å². The Morgan fingerprint density at radius 2 is 1.92 bits per heavy atom. The van der Waals surface area contributed by atoms with Crippen LogP contribution in [-0.4, -0.2) is 23.0 Å². The highest BCUT2D eigenvalue weighted by molar-refractivity contribution is 6.30. The molecule has 1 saturated heterocycles. The summed E-state index contributed by atoms with van der Waals surface area (Å²) in [6, 6.07) is 13.9. The van der Waals surface area contributed by atoms with Crippen molar-refractivity contribution in [3.05, 3.63) is 53.1 Å². The molecule has 1 fully saturated rings. The van der Waals surface area contributed by atoms with Crippen LogP contribution in [0.4, 0.5) is 0 Å². The lowest BCUT2D eigenvalue weighted by atomic mass is 9.91. The molecule has 0 radical (unpaired) electrons. The fourth-order valence-electron chi connectivity index (χ4n) is 4.00. The van der Waals surface area contributed by atoms with Crippen molar-refractivity contribution >= 4 is 22.7 Å². The zero-order chi connectivity index (χ0) is 17.4. The molecule has 2 unspecified atom stereocenters. The zero-order valence-electron chi connectivity index (χ0n) is 14.7. The van der Waals surface area contributed by atoms with Crippen LogP contribution in [0.3, 0.4) is 0 Å². The number of halogens is 1. The van der Waals surface area contributed by atoms with Gasteiger partial charge in [-0.3, -0.25) is 4.90 Å². The van der Waals surface area contributed by atoms with Crippen LogP contribution in [0.15, 0.2) is 46.9 Å². The van der Waals surface area contributed by atoms with E-state index >= 15 is 0 Å². The van der Waals surface area contributed by atoms with E-state index in [4.69, 9.17) is 16.0 Å². The number of hydrogen-bond donors (Lipinski definition) is 0. The fourth-order valence-corrected chi connectivity index (χ4v) is 4.19. The molecule has 0 N–H and O–H groups in total. The number of hydrogen-bond acceptors (Lipinski definition) is 3. The summed E-state index contributed by atoms with van der Waals surface area (Å²) in [5.41, 5.74) is 3.92. The fraction of sp³-hybridized carbons (Fsp3) is 0.381. The first kappa shape index (κ1) is 16.6. The molecule has 25 heavy (non-hydrogen) atoms. The van der Waals surface area contributed by atoms with Crippen LogP contribution in [0.25, 0.3) is 22.6 Å². The Hall–Kier alpha value is -1.84. The summed E-state index contributed by atoms with van der Waals surface area (Å²) in [4.78, 5) is 7.22. The van der Waals surface area contributed by atoms with Crippen molar-refractivity contribution in [2.24, 2.45) is 11.8 Å². The minimum Gasteiger partial charge on any atom is -0.436 e. The number of benzene rings is 2. The highest BCUT2D eigenvalue weighted by Crippen LogP contribution is 2.28. The topological polar surface area (TPSA) is 29.3 Å². The standard InChI is InChI=1S/C21H23ClN2O/c1-14-8-15(2)12-24(11-14)13-16-6-7-20-19(9-16)23-21(25-20)17-4-3-5-18(22)10-17/h3-7,9-10,14-15H,8,11-13H2,1-2H3. The normalized spacial score (nSPS) is 21.7. The van der Waals surface area contributed by atoms with Gasteiger partial charge >= 0.3 is 0 Å². The van der Waals surface area contributed by atoms with Gasteiger partial charge in [0.05, 0.1) is 0 Å². The summed E-state index contributed by atoms with van der Waals surface area (Å²) in [6.45, 7) is 8.02. The number of oxazole rings is 1. The van der Waals surface area contributed by atoms with Gasteiger partial charge in [-0.2, -0.15) is 0 Å². The van der Waals surface area contributed by atoms with Crippen LogP contribution >= 0.6 is 11.6 Å². The maximum absolute atomic E-state index is 6.08. The van der Waals surface area contributed by atoms with Crippen molar-refractivity contribution in [1.82, 2.24) is 9.88 Å². The molecular weight excluding hydrogens is 332 g/mol. The highest BCUT2D eigenvalue weighted by atomic mass is 35.5. The van der Waals surface area contributed by atoms with Gasteiger partial charge in [0, 0.05) is 30.2 Å². The smallest absolute Gasteiger partial charge is 0.227 e. The molecule has 2 heterocycles. The Labute approximate surface area is 153 Å². The predicted molar refractivity (Wildman–Crippen MR) is 103 cm³/mol. The van der Waals surface area contributed by atoms with Crippen LogP contribution in [0, 0.1) is 11.8 Å². The van der Waals surface area contributed by atoms with Gasteiger partial charge in [-0.15, -0.1) is 0 Å². The summed E-state index contributed by atoms with van der Waals surface area (Å²) < 4.78 is 5.90. The van der Waals surface area contributed by atoms with Crippen LogP contribution in [0.2, 0.25) is 5.02 Å². The molecule has 4 rings (SSSR count). The van der Waals surface area contributed by atoms with Crippen LogP contribution in [-0.2, 0) is 6.54 Å². The lowest BCUT2D eigenvalue weighted by Crippen LogP contribution is -2.38. The molecule has 0 saturated carbocycles. The molecule has 1 aliphatic rings. The lowest BCUT2D eigenvalue weighted by molar-refractivity contribution is 0.134. The Morgan fingerprint density at radius 1 is 1.12 bits per heavy atom. The average Bonchev–Trinajstić information content (AvgIpc) is 2.97. The molecule has 0 bridgehead atoms. The second kappa shape index (κ2) is 6.81. The zero-order valence-corrected chi connectivity index (χ0v) is 15.5. The third kappa shape index (κ3) is 3.73. The van der Waals surface area contributed by atoms with Gasteiger partial charge in [0.2, 0.25) is 5.89 Å². The second-order valence-corrected chi connectivity index (χ2v) is 7.91. The number of fused-ring (bicyclic) bond motifs is 1. The SMILES string of the molecule is CC1CC(C)CN(Cc2ccc3oc(-c4cccc(Cl)c4)nc3c2)C1. The van der Waals surface area contributed by atoms with Crippen molar-refractivity contribution in [3.63, 3.8) is 0 Å². The molecule has 0 aliphatic carbocycles. The molecule has 2 atom stereocenters. The monoisotopic (exact) mass is 354 g/mol. The summed E-state index contributed by atoms with van der Waals surface area (Å²) >= 11 is 6.08. The average molecular weight is 355 g/mol. The minimum atomic E-state index is 0.620. The molecule has 1 aromatic heterocycles. The number of likely N-dealkylation sites (tertiary alicyclic amines) is 1. The van der Waals surface area contributed by atoms with E-state index in [9.17, 15) is 0 Å². The first-order chi connectivity index (χ1) is 12.1. The Bertz CT molecular complexity index is 878. The van der Waals surface area contributed by atoms with Crippen molar-refractivity contribution in [2.75, 3.05) is 13.1 Å². The van der Waals surface area contributed by atoms with E-state index in [0.29, 0.717) is 10.9 Å². The lowest BCUT2D eigenvalue weighted by Gasteiger charge is -2.34. The van der Waals surface area contributed by atoms with Gasteiger partial charge in [-0.05, 0) is 54.2 Å². The number of rotatable bonds is 3. The van der Waals surface area contributed by atoms with E-state index in [1.54, 1.807) is 0 Å². The Morgan fingerprint density at radius 3 is 2.68 bits per heavy atom. The number of nitrogens with zero attached hydrogens (tertiary/aromatic N) is 2. The molecular formula is C21H23ClN2O. The maximum Gasteiger partial charge on any atom is 0.227 e. The predicted octanol–water partition coefficient (Wildman–Crippen LogP) is 5.63. The second-order valence-electron chi connectivity index (χ2n) is 7.47. The van der Waals surface area contributed by atoms with Crippen LogP contribution < -0.4 is 0 Å². The van der Waals surface area contributed by atoms with Crippen molar-refractivity contribution in [3.8, 4) is 11.5 Å². The summed E-state index contributed by atoms with van der Waals surface area (Å²) in [5.74, 6) is 2.16. The van der Waals surface area contributed by atoms with Crippen LogP contribution in [0.5, 0.6) is 0 Å². The van der Waals surface area contributed by atoms with Gasteiger partial charge in [-0.25, -0.2) is 4.98 Å². The summed E-state index contributed by atoms with van der Waals surface area (Å²) in [5, 5.41) is 0.689. The molecule has 130 valence electrons. The number of aromatic nitrogens is 1.